The summed E-state index contributed by atoms with van der Waals surface area (Å²) >= 11 is 0. The van der Waals surface area contributed by atoms with Crippen molar-refractivity contribution in [3.63, 3.8) is 0 Å². The fraction of sp³-hybridized carbons (Fsp3) is 0.211. The molecule has 0 bridgehead atoms. The largest absolute Gasteiger partial charge is 0.468 e. The lowest BCUT2D eigenvalue weighted by molar-refractivity contribution is -0.141. The Labute approximate surface area is 150 Å². The molecular weight excluding hydrogens is 339 g/mol. The van der Waals surface area contributed by atoms with Gasteiger partial charge in [-0.3, -0.25) is 14.4 Å². The molecular formula is C19H19FN2O4. The van der Waals surface area contributed by atoms with Gasteiger partial charge in [-0.15, -0.1) is 0 Å². The molecule has 0 saturated carbocycles. The molecule has 0 aliphatic rings. The fourth-order valence-electron chi connectivity index (χ4n) is 2.19. The summed E-state index contributed by atoms with van der Waals surface area (Å²) in [5, 5.41) is 5.16. The number of rotatable bonds is 6. The summed E-state index contributed by atoms with van der Waals surface area (Å²) in [5.74, 6) is -1.55. The van der Waals surface area contributed by atoms with Crippen molar-refractivity contribution in [1.82, 2.24) is 5.32 Å². The molecule has 0 saturated heterocycles. The van der Waals surface area contributed by atoms with Gasteiger partial charge >= 0.3 is 5.97 Å². The molecule has 2 aromatic carbocycles. The summed E-state index contributed by atoms with van der Waals surface area (Å²) in [6.07, 6.45) is 0.0996. The molecule has 26 heavy (non-hydrogen) atoms. The van der Waals surface area contributed by atoms with Crippen LogP contribution in [-0.4, -0.2) is 31.4 Å². The van der Waals surface area contributed by atoms with Crippen LogP contribution in [-0.2, 0) is 20.7 Å². The van der Waals surface area contributed by atoms with Crippen LogP contribution in [0.15, 0.2) is 42.5 Å². The zero-order chi connectivity index (χ0) is 19.1. The second kappa shape index (κ2) is 8.75. The Kier molecular flexibility index (Phi) is 6.43. The number of nitrogens with one attached hydrogen (secondary N) is 2. The van der Waals surface area contributed by atoms with E-state index >= 15 is 0 Å². The number of methoxy groups -OCH3 is 1. The number of benzene rings is 2. The van der Waals surface area contributed by atoms with Crippen molar-refractivity contribution < 1.29 is 23.5 Å². The predicted octanol–water partition coefficient (Wildman–Crippen LogP) is 2.22. The maximum Gasteiger partial charge on any atom is 0.325 e. The zero-order valence-electron chi connectivity index (χ0n) is 14.5. The van der Waals surface area contributed by atoms with Gasteiger partial charge in [-0.1, -0.05) is 12.1 Å². The molecule has 6 nitrogen and oxygen atoms in total. The second-order valence-electron chi connectivity index (χ2n) is 5.64. The first-order valence-electron chi connectivity index (χ1n) is 7.89. The monoisotopic (exact) mass is 358 g/mol. The number of aryl methyl sites for hydroxylation is 1. The normalized spacial score (nSPS) is 10.1. The molecule has 2 aromatic rings. The van der Waals surface area contributed by atoms with Crippen LogP contribution in [0.5, 0.6) is 0 Å². The summed E-state index contributed by atoms with van der Waals surface area (Å²) in [5.41, 5.74) is 2.03. The number of halogens is 1. The topological polar surface area (TPSA) is 84.5 Å². The van der Waals surface area contributed by atoms with Crippen LogP contribution >= 0.6 is 0 Å². The average molecular weight is 358 g/mol. The van der Waals surface area contributed by atoms with Crippen LogP contribution < -0.4 is 10.6 Å². The van der Waals surface area contributed by atoms with Gasteiger partial charge in [0.15, 0.2) is 0 Å². The Balaban J connectivity index is 1.92. The number of anilines is 1. The van der Waals surface area contributed by atoms with Crippen molar-refractivity contribution in [3.8, 4) is 0 Å². The van der Waals surface area contributed by atoms with Gasteiger partial charge in [0.1, 0.15) is 12.4 Å². The third-order valence-electron chi connectivity index (χ3n) is 3.65. The minimum absolute atomic E-state index is 0.0996. The Morgan fingerprint density at radius 2 is 1.77 bits per heavy atom. The molecule has 2 amide bonds. The summed E-state index contributed by atoms with van der Waals surface area (Å²) in [7, 11) is 1.24. The predicted molar refractivity (Wildman–Crippen MR) is 94.3 cm³/mol. The molecule has 0 heterocycles. The summed E-state index contributed by atoms with van der Waals surface area (Å²) in [6, 6.07) is 10.9. The summed E-state index contributed by atoms with van der Waals surface area (Å²) < 4.78 is 17.7. The van der Waals surface area contributed by atoms with Crippen LogP contribution in [0.1, 0.15) is 21.5 Å². The minimum atomic E-state index is -0.521. The maximum atomic E-state index is 13.3. The summed E-state index contributed by atoms with van der Waals surface area (Å²) in [6.45, 7) is 1.41. The van der Waals surface area contributed by atoms with Crippen LogP contribution in [0.3, 0.4) is 0 Å². The van der Waals surface area contributed by atoms with E-state index in [9.17, 15) is 18.8 Å². The number of amides is 2. The van der Waals surface area contributed by atoms with E-state index in [1.807, 2.05) is 0 Å². The number of ether oxygens (including phenoxy) is 1. The van der Waals surface area contributed by atoms with Crippen LogP contribution in [0.25, 0.3) is 0 Å². The highest BCUT2D eigenvalue weighted by molar-refractivity contribution is 6.04. The number of hydrogen-bond donors (Lipinski definition) is 2. The van der Waals surface area contributed by atoms with E-state index in [0.29, 0.717) is 16.8 Å². The lowest BCUT2D eigenvalue weighted by atomic mass is 10.1. The lowest BCUT2D eigenvalue weighted by Crippen LogP contribution is -2.31. The molecule has 0 aliphatic carbocycles. The maximum absolute atomic E-state index is 13.3. The highest BCUT2D eigenvalue weighted by Crippen LogP contribution is 2.14. The minimum Gasteiger partial charge on any atom is -0.468 e. The number of carbonyl (C=O) groups is 3. The van der Waals surface area contributed by atoms with Crippen LogP contribution in [0, 0.1) is 12.7 Å². The van der Waals surface area contributed by atoms with E-state index in [1.54, 1.807) is 31.2 Å². The zero-order valence-corrected chi connectivity index (χ0v) is 14.5. The van der Waals surface area contributed by atoms with Crippen molar-refractivity contribution in [1.29, 1.82) is 0 Å². The molecule has 0 fully saturated rings. The van der Waals surface area contributed by atoms with E-state index in [-0.39, 0.29) is 30.6 Å². The Hall–Kier alpha value is -3.22. The van der Waals surface area contributed by atoms with Crippen molar-refractivity contribution in [2.45, 2.75) is 13.3 Å². The van der Waals surface area contributed by atoms with Gasteiger partial charge in [-0.2, -0.15) is 0 Å². The second-order valence-corrected chi connectivity index (χ2v) is 5.64. The van der Waals surface area contributed by atoms with E-state index in [1.165, 1.54) is 25.3 Å². The van der Waals surface area contributed by atoms with Crippen molar-refractivity contribution in [2.24, 2.45) is 0 Å². The molecule has 2 rings (SSSR count). The van der Waals surface area contributed by atoms with E-state index in [0.717, 1.165) is 5.56 Å². The molecule has 2 N–H and O–H groups in total. The smallest absolute Gasteiger partial charge is 0.325 e. The molecule has 7 heteroatoms. The van der Waals surface area contributed by atoms with E-state index in [4.69, 9.17) is 0 Å². The van der Waals surface area contributed by atoms with Gasteiger partial charge in [0.05, 0.1) is 13.5 Å². The highest BCUT2D eigenvalue weighted by atomic mass is 19.1. The SMILES string of the molecule is COC(=O)CNC(=O)Cc1ccc(NC(=O)c2ccc(F)c(C)c2)cc1. The van der Waals surface area contributed by atoms with Gasteiger partial charge in [-0.05, 0) is 48.4 Å². The number of hydrogen-bond acceptors (Lipinski definition) is 4. The van der Waals surface area contributed by atoms with Crippen molar-refractivity contribution in [3.05, 3.63) is 65.0 Å². The first-order chi connectivity index (χ1) is 12.4. The van der Waals surface area contributed by atoms with Crippen molar-refractivity contribution in [2.75, 3.05) is 19.0 Å². The highest BCUT2D eigenvalue weighted by Gasteiger charge is 2.09. The van der Waals surface area contributed by atoms with E-state index < -0.39 is 5.97 Å². The Morgan fingerprint density at radius 1 is 1.08 bits per heavy atom. The first kappa shape index (κ1) is 19.1. The van der Waals surface area contributed by atoms with Crippen LogP contribution in [0.4, 0.5) is 10.1 Å². The number of carbonyl (C=O) groups excluding carboxylic acids is 3. The third kappa shape index (κ3) is 5.41. The Morgan fingerprint density at radius 3 is 2.38 bits per heavy atom. The first-order valence-corrected chi connectivity index (χ1v) is 7.89. The van der Waals surface area contributed by atoms with Crippen molar-refractivity contribution >= 4 is 23.5 Å². The third-order valence-corrected chi connectivity index (χ3v) is 3.65. The fourth-order valence-corrected chi connectivity index (χ4v) is 2.19. The molecule has 136 valence electrons. The average Bonchev–Trinajstić information content (AvgIpc) is 2.63. The molecule has 0 aliphatic heterocycles. The molecule has 0 radical (unpaired) electrons. The van der Waals surface area contributed by atoms with Crippen LogP contribution in [0.2, 0.25) is 0 Å². The summed E-state index contributed by atoms with van der Waals surface area (Å²) in [4.78, 5) is 34.9. The molecule has 0 unspecified atom stereocenters. The molecule has 0 spiro atoms. The molecule has 0 aromatic heterocycles. The number of esters is 1. The quantitative estimate of drug-likeness (QED) is 0.776. The van der Waals surface area contributed by atoms with E-state index in [2.05, 4.69) is 15.4 Å². The standard InChI is InChI=1S/C19H19FN2O4/c1-12-9-14(5-8-16(12)20)19(25)22-15-6-3-13(4-7-15)10-17(23)21-11-18(24)26-2/h3-9H,10-11H2,1-2H3,(H,21,23)(H,22,25). The van der Waals surface area contributed by atoms with Gasteiger partial charge < -0.3 is 15.4 Å². The lowest BCUT2D eigenvalue weighted by Gasteiger charge is -2.08. The molecule has 0 atom stereocenters. The van der Waals surface area contributed by atoms with Gasteiger partial charge in [-0.25, -0.2) is 4.39 Å². The van der Waals surface area contributed by atoms with Gasteiger partial charge in [0.2, 0.25) is 5.91 Å². The Bertz CT molecular complexity index is 819. The van der Waals surface area contributed by atoms with Gasteiger partial charge in [0.25, 0.3) is 5.91 Å². The van der Waals surface area contributed by atoms with Gasteiger partial charge in [0, 0.05) is 11.3 Å².